The fourth-order valence-electron chi connectivity index (χ4n) is 3.60. The highest BCUT2D eigenvalue weighted by atomic mass is 16.7. The van der Waals surface area contributed by atoms with Crippen LogP contribution >= 0.6 is 0 Å². The fraction of sp³-hybridized carbons (Fsp3) is 0.300. The minimum atomic E-state index is 0.197. The third kappa shape index (κ3) is 2.63. The van der Waals surface area contributed by atoms with Crippen molar-refractivity contribution in [1.29, 1.82) is 0 Å². The number of allylic oxidation sites excluding steroid dienone is 1. The molecule has 4 heteroatoms. The van der Waals surface area contributed by atoms with Crippen LogP contribution in [0.2, 0.25) is 0 Å². The van der Waals surface area contributed by atoms with E-state index in [2.05, 4.69) is 54.1 Å². The van der Waals surface area contributed by atoms with Gasteiger partial charge in [0.2, 0.25) is 0 Å². The molecule has 2 aromatic carbocycles. The van der Waals surface area contributed by atoms with Crippen molar-refractivity contribution < 1.29 is 9.57 Å². The quantitative estimate of drug-likeness (QED) is 0.885. The number of benzene rings is 2. The van der Waals surface area contributed by atoms with Gasteiger partial charge in [-0.25, -0.2) is 0 Å². The Labute approximate surface area is 142 Å². The second-order valence-corrected chi connectivity index (χ2v) is 6.33. The lowest BCUT2D eigenvalue weighted by Crippen LogP contribution is -2.21. The molecular formula is C20H22N2O2. The molecular weight excluding hydrogens is 300 g/mol. The molecule has 24 heavy (non-hydrogen) atoms. The highest BCUT2D eigenvalue weighted by molar-refractivity contribution is 5.76. The maximum Gasteiger partial charge on any atom is 0.129 e. The van der Waals surface area contributed by atoms with Crippen LogP contribution in [0.3, 0.4) is 0 Å². The van der Waals surface area contributed by atoms with Crippen LogP contribution in [-0.2, 0) is 4.84 Å². The standard InChI is InChI=1S/C20H22N2O2/c1-13-20-16-9-8-15(23-2)12-17(16)18(10-11-19(20)24-22-13)21-14-6-4-3-5-7-14/h3-9,12-13,18,21-22H,10-11H2,1-2H3. The molecule has 2 N–H and O–H groups in total. The predicted octanol–water partition coefficient (Wildman–Crippen LogP) is 4.28. The number of hydrogen-bond acceptors (Lipinski definition) is 4. The molecule has 2 unspecified atom stereocenters. The summed E-state index contributed by atoms with van der Waals surface area (Å²) in [4.78, 5) is 5.73. The largest absolute Gasteiger partial charge is 0.497 e. The van der Waals surface area contributed by atoms with Crippen LogP contribution < -0.4 is 15.5 Å². The lowest BCUT2D eigenvalue weighted by atomic mass is 9.92. The average molecular weight is 322 g/mol. The number of ether oxygens (including phenoxy) is 1. The van der Waals surface area contributed by atoms with E-state index in [4.69, 9.17) is 9.57 Å². The minimum Gasteiger partial charge on any atom is -0.497 e. The maximum absolute atomic E-state index is 5.73. The van der Waals surface area contributed by atoms with E-state index in [1.165, 1.54) is 16.7 Å². The van der Waals surface area contributed by atoms with Crippen molar-refractivity contribution >= 4 is 11.3 Å². The van der Waals surface area contributed by atoms with Crippen molar-refractivity contribution in [2.75, 3.05) is 12.4 Å². The number of fused-ring (bicyclic) bond motifs is 2. The summed E-state index contributed by atoms with van der Waals surface area (Å²) >= 11 is 0. The molecule has 2 aromatic rings. The van der Waals surface area contributed by atoms with E-state index in [0.717, 1.165) is 30.0 Å². The number of rotatable bonds is 3. The topological polar surface area (TPSA) is 42.5 Å². The zero-order valence-corrected chi connectivity index (χ0v) is 14.0. The first-order valence-electron chi connectivity index (χ1n) is 8.41. The van der Waals surface area contributed by atoms with E-state index in [9.17, 15) is 0 Å². The second kappa shape index (κ2) is 6.21. The van der Waals surface area contributed by atoms with Gasteiger partial charge in [0.25, 0.3) is 0 Å². The van der Waals surface area contributed by atoms with Gasteiger partial charge in [-0.1, -0.05) is 24.3 Å². The summed E-state index contributed by atoms with van der Waals surface area (Å²) in [6.07, 6.45) is 1.89. The van der Waals surface area contributed by atoms with Gasteiger partial charge < -0.3 is 14.9 Å². The summed E-state index contributed by atoms with van der Waals surface area (Å²) in [5, 5.41) is 3.67. The van der Waals surface area contributed by atoms with E-state index in [0.29, 0.717) is 0 Å². The Morgan fingerprint density at radius 3 is 2.79 bits per heavy atom. The number of para-hydroxylation sites is 1. The van der Waals surface area contributed by atoms with Crippen LogP contribution in [0.5, 0.6) is 5.75 Å². The molecule has 0 radical (unpaired) electrons. The maximum atomic E-state index is 5.73. The summed E-state index contributed by atoms with van der Waals surface area (Å²) < 4.78 is 5.47. The monoisotopic (exact) mass is 322 g/mol. The second-order valence-electron chi connectivity index (χ2n) is 6.33. The van der Waals surface area contributed by atoms with Gasteiger partial charge in [0.1, 0.15) is 11.5 Å². The number of nitrogens with one attached hydrogen (secondary N) is 2. The Kier molecular flexibility index (Phi) is 3.90. The molecule has 1 aliphatic heterocycles. The molecule has 2 atom stereocenters. The third-order valence-electron chi connectivity index (χ3n) is 4.79. The summed E-state index contributed by atoms with van der Waals surface area (Å²) in [6, 6.07) is 17.1. The molecule has 0 aromatic heterocycles. The van der Waals surface area contributed by atoms with Gasteiger partial charge in [0, 0.05) is 17.7 Å². The molecule has 0 spiro atoms. The number of methoxy groups -OCH3 is 1. The number of anilines is 1. The molecule has 1 heterocycles. The van der Waals surface area contributed by atoms with Crippen molar-refractivity contribution in [3.8, 4) is 5.75 Å². The van der Waals surface area contributed by atoms with Crippen molar-refractivity contribution in [2.24, 2.45) is 0 Å². The van der Waals surface area contributed by atoms with Crippen molar-refractivity contribution in [1.82, 2.24) is 5.48 Å². The third-order valence-corrected chi connectivity index (χ3v) is 4.79. The summed E-state index contributed by atoms with van der Waals surface area (Å²) in [5.74, 6) is 1.95. The molecule has 0 saturated carbocycles. The lowest BCUT2D eigenvalue weighted by Gasteiger charge is -2.23. The molecule has 0 fully saturated rings. The normalized spacial score (nSPS) is 22.2. The van der Waals surface area contributed by atoms with E-state index in [-0.39, 0.29) is 12.1 Å². The Bertz CT molecular complexity index is 770. The SMILES string of the molecule is COc1ccc2c(c1)C(Nc1ccccc1)CCC1=C2C(C)NO1. The molecule has 1 aliphatic carbocycles. The van der Waals surface area contributed by atoms with Crippen LogP contribution in [0.4, 0.5) is 5.69 Å². The van der Waals surface area contributed by atoms with Crippen LogP contribution in [0.1, 0.15) is 36.9 Å². The van der Waals surface area contributed by atoms with E-state index >= 15 is 0 Å². The van der Waals surface area contributed by atoms with Crippen LogP contribution in [0, 0.1) is 0 Å². The van der Waals surface area contributed by atoms with Crippen molar-refractivity contribution in [2.45, 2.75) is 31.8 Å². The van der Waals surface area contributed by atoms with Crippen LogP contribution in [-0.4, -0.2) is 13.2 Å². The predicted molar refractivity (Wildman–Crippen MR) is 95.6 cm³/mol. The van der Waals surface area contributed by atoms with Gasteiger partial charge in [-0.05, 0) is 48.7 Å². The molecule has 4 nitrogen and oxygen atoms in total. The number of hydrogen-bond donors (Lipinski definition) is 2. The van der Waals surface area contributed by atoms with Gasteiger partial charge in [0.15, 0.2) is 0 Å². The first-order valence-corrected chi connectivity index (χ1v) is 8.41. The molecule has 4 rings (SSSR count). The zero-order valence-electron chi connectivity index (χ0n) is 14.0. The van der Waals surface area contributed by atoms with Gasteiger partial charge in [-0.3, -0.25) is 0 Å². The Morgan fingerprint density at radius 2 is 2.00 bits per heavy atom. The Hall–Kier alpha value is -2.46. The van der Waals surface area contributed by atoms with Crippen molar-refractivity contribution in [3.63, 3.8) is 0 Å². The van der Waals surface area contributed by atoms with Crippen molar-refractivity contribution in [3.05, 3.63) is 65.4 Å². The minimum absolute atomic E-state index is 0.197. The first-order chi connectivity index (χ1) is 11.8. The van der Waals surface area contributed by atoms with Gasteiger partial charge in [-0.2, -0.15) is 0 Å². The Morgan fingerprint density at radius 1 is 1.17 bits per heavy atom. The Balaban J connectivity index is 1.77. The van der Waals surface area contributed by atoms with E-state index in [1.54, 1.807) is 7.11 Å². The molecule has 124 valence electrons. The average Bonchev–Trinajstić information content (AvgIpc) is 2.91. The summed E-state index contributed by atoms with van der Waals surface area (Å²) in [6.45, 7) is 2.14. The highest BCUT2D eigenvalue weighted by Gasteiger charge is 2.32. The number of hydroxylamine groups is 1. The van der Waals surface area contributed by atoms with Gasteiger partial charge in [0.05, 0.1) is 19.2 Å². The zero-order chi connectivity index (χ0) is 16.5. The van der Waals surface area contributed by atoms with E-state index < -0.39 is 0 Å². The lowest BCUT2D eigenvalue weighted by molar-refractivity contribution is 0.113. The van der Waals surface area contributed by atoms with Gasteiger partial charge >= 0.3 is 0 Å². The fourth-order valence-corrected chi connectivity index (χ4v) is 3.60. The van der Waals surface area contributed by atoms with Crippen LogP contribution in [0.25, 0.3) is 5.57 Å². The molecule has 0 bridgehead atoms. The summed E-state index contributed by atoms with van der Waals surface area (Å²) in [5.41, 5.74) is 8.01. The van der Waals surface area contributed by atoms with E-state index in [1.807, 2.05) is 12.1 Å². The molecule has 0 amide bonds. The highest BCUT2D eigenvalue weighted by Crippen LogP contribution is 2.42. The smallest absolute Gasteiger partial charge is 0.129 e. The molecule has 0 saturated heterocycles. The van der Waals surface area contributed by atoms with Gasteiger partial charge in [-0.15, -0.1) is 5.48 Å². The van der Waals surface area contributed by atoms with Crippen LogP contribution in [0.15, 0.2) is 54.3 Å². The molecule has 2 aliphatic rings. The summed E-state index contributed by atoms with van der Waals surface area (Å²) in [7, 11) is 1.71. The first kappa shape index (κ1) is 15.1.